The summed E-state index contributed by atoms with van der Waals surface area (Å²) >= 11 is 5.97. The van der Waals surface area contributed by atoms with Gasteiger partial charge >= 0.3 is 0 Å². The highest BCUT2D eigenvalue weighted by Crippen LogP contribution is 2.23. The second-order valence-electron chi connectivity index (χ2n) is 4.97. The van der Waals surface area contributed by atoms with E-state index >= 15 is 0 Å². The molecule has 0 aromatic heterocycles. The van der Waals surface area contributed by atoms with Crippen molar-refractivity contribution in [2.75, 3.05) is 12.5 Å². The largest absolute Gasteiger partial charge is 0.365 e. The Bertz CT molecular complexity index is 887. The first kappa shape index (κ1) is 20.5. The second-order valence-corrected chi connectivity index (χ2v) is 8.92. The molecule has 0 aliphatic carbocycles. The summed E-state index contributed by atoms with van der Waals surface area (Å²) in [5, 5.41) is 10.8. The van der Waals surface area contributed by atoms with Gasteiger partial charge in [0.2, 0.25) is 0 Å². The van der Waals surface area contributed by atoms with E-state index in [1.54, 1.807) is 25.1 Å². The number of hydrogen-bond donors (Lipinski definition) is 0. The molecule has 0 spiro atoms. The van der Waals surface area contributed by atoms with Crippen molar-refractivity contribution in [3.05, 3.63) is 64.7 Å². The maximum Gasteiger partial charge on any atom is 0.288 e. The maximum absolute atomic E-state index is 12.6. The van der Waals surface area contributed by atoms with Gasteiger partial charge in [-0.15, -0.1) is 15.4 Å². The van der Waals surface area contributed by atoms with Crippen LogP contribution >= 0.6 is 11.6 Å². The van der Waals surface area contributed by atoms with Gasteiger partial charge in [0, 0.05) is 23.6 Å². The van der Waals surface area contributed by atoms with Crippen LogP contribution in [0, 0.1) is 10.1 Å². The number of nitro groups is 1. The monoisotopic (exact) mass is 416 g/mol. The Morgan fingerprint density at radius 1 is 1.19 bits per heavy atom. The van der Waals surface area contributed by atoms with E-state index in [1.165, 1.54) is 36.4 Å². The fourth-order valence-electron chi connectivity index (χ4n) is 2.05. The van der Waals surface area contributed by atoms with Crippen molar-refractivity contribution < 1.29 is 18.1 Å². The molecule has 0 amide bonds. The van der Waals surface area contributed by atoms with E-state index < -0.39 is 31.1 Å². The Morgan fingerprint density at radius 3 is 2.31 bits per heavy atom. The van der Waals surface area contributed by atoms with Gasteiger partial charge in [-0.3, -0.25) is 10.1 Å². The molecule has 0 bridgehead atoms. The van der Waals surface area contributed by atoms with Crippen LogP contribution in [0.4, 0.5) is 5.69 Å². The zero-order valence-electron chi connectivity index (χ0n) is 13.8. The zero-order valence-corrected chi connectivity index (χ0v) is 16.2. The quantitative estimate of drug-likeness (QED) is 0.370. The molecule has 0 radical (unpaired) electrons. The molecule has 26 heavy (non-hydrogen) atoms. The van der Waals surface area contributed by atoms with Gasteiger partial charge in [0.25, 0.3) is 15.7 Å². The van der Waals surface area contributed by atoms with Crippen LogP contribution in [0.25, 0.3) is 0 Å². The molecular weight excluding hydrogens is 400 g/mol. The summed E-state index contributed by atoms with van der Waals surface area (Å²) in [7, 11) is -5.20. The van der Waals surface area contributed by atoms with Crippen LogP contribution in [0.5, 0.6) is 0 Å². The van der Waals surface area contributed by atoms with Gasteiger partial charge < -0.3 is 4.74 Å². The van der Waals surface area contributed by atoms with E-state index in [0.29, 0.717) is 11.5 Å². The maximum atomic E-state index is 12.6. The molecule has 0 aliphatic heterocycles. The lowest BCUT2D eigenvalue weighted by Gasteiger charge is -2.18. The van der Waals surface area contributed by atoms with Gasteiger partial charge in [0.05, 0.1) is 15.7 Å². The molecular formula is C16H17ClN2O5S2. The number of nitrogens with zero attached hydrogens (tertiary/aromatic N) is 2. The molecule has 2 atom stereocenters. The van der Waals surface area contributed by atoms with Gasteiger partial charge in [-0.2, -0.15) is 8.42 Å². The summed E-state index contributed by atoms with van der Waals surface area (Å²) in [6.45, 7) is 2.09. The zero-order chi connectivity index (χ0) is 19.2. The Hall–Kier alpha value is -1.81. The molecule has 0 aliphatic rings. The van der Waals surface area contributed by atoms with Gasteiger partial charge in [0.1, 0.15) is 5.44 Å². The third-order valence-corrected chi connectivity index (χ3v) is 7.55. The highest BCUT2D eigenvalue weighted by Gasteiger charge is 2.22. The first-order valence-electron chi connectivity index (χ1n) is 7.57. The Morgan fingerprint density at radius 2 is 1.81 bits per heavy atom. The van der Waals surface area contributed by atoms with Crippen molar-refractivity contribution in [2.45, 2.75) is 22.2 Å². The van der Waals surface area contributed by atoms with Crippen LogP contribution < -0.4 is 0 Å². The summed E-state index contributed by atoms with van der Waals surface area (Å²) in [5.41, 5.74) is -0.761. The number of non-ortho nitro benzene ring substituents is 1. The standard InChI is InChI=1S/C16H17ClN2O5S2/c1-2-24-16(12-17)25(14-10-8-13(9-11-14)19(20)21)18-26(22,23)15-6-4-3-5-7-15/h3-11,16H,2,12H2,1H3. The number of ether oxygens (including phenoxy) is 1. The van der Waals surface area contributed by atoms with E-state index in [0.717, 1.165) is 0 Å². The van der Waals surface area contributed by atoms with E-state index in [9.17, 15) is 18.5 Å². The van der Waals surface area contributed by atoms with Crippen molar-refractivity contribution in [2.24, 2.45) is 3.77 Å². The first-order chi connectivity index (χ1) is 12.4. The fraction of sp³-hybridized carbons (Fsp3) is 0.250. The molecule has 2 aromatic carbocycles. The highest BCUT2D eigenvalue weighted by atomic mass is 35.5. The Balaban J connectivity index is 2.55. The average molecular weight is 417 g/mol. The van der Waals surface area contributed by atoms with Crippen LogP contribution in [-0.4, -0.2) is 31.3 Å². The lowest BCUT2D eigenvalue weighted by atomic mass is 10.3. The predicted molar refractivity (Wildman–Crippen MR) is 101 cm³/mol. The summed E-state index contributed by atoms with van der Waals surface area (Å²) in [4.78, 5) is 10.9. The third-order valence-electron chi connectivity index (χ3n) is 3.24. The van der Waals surface area contributed by atoms with E-state index in [2.05, 4.69) is 3.77 Å². The molecule has 7 nitrogen and oxygen atoms in total. The van der Waals surface area contributed by atoms with E-state index in [1.807, 2.05) is 0 Å². The summed E-state index contributed by atoms with van der Waals surface area (Å²) in [6.07, 6.45) is 0. The van der Waals surface area contributed by atoms with Crippen LogP contribution in [0.3, 0.4) is 0 Å². The molecule has 0 N–H and O–H groups in total. The molecule has 140 valence electrons. The van der Waals surface area contributed by atoms with Crippen molar-refractivity contribution in [3.63, 3.8) is 0 Å². The number of benzene rings is 2. The van der Waals surface area contributed by atoms with E-state index in [4.69, 9.17) is 16.3 Å². The first-order valence-corrected chi connectivity index (χ1v) is 10.8. The van der Waals surface area contributed by atoms with Crippen molar-refractivity contribution in [1.82, 2.24) is 0 Å². The molecule has 2 unspecified atom stereocenters. The minimum absolute atomic E-state index is 0.0295. The number of alkyl halides is 1. The van der Waals surface area contributed by atoms with Crippen LogP contribution in [0.15, 0.2) is 68.2 Å². The molecule has 0 saturated carbocycles. The van der Waals surface area contributed by atoms with Crippen molar-refractivity contribution in [1.29, 1.82) is 0 Å². The van der Waals surface area contributed by atoms with Crippen LogP contribution in [0.2, 0.25) is 0 Å². The second kappa shape index (κ2) is 9.22. The minimum atomic E-state index is -3.94. The highest BCUT2D eigenvalue weighted by molar-refractivity contribution is 8.00. The number of rotatable bonds is 8. The molecule has 0 heterocycles. The number of nitro benzene ring substituents is 1. The SMILES string of the molecule is CCOC(CCl)/S(=N\S(=O)(=O)c1ccccc1)c1ccc([N+](=O)[O-])cc1. The Kier molecular flexibility index (Phi) is 7.27. The lowest BCUT2D eigenvalue weighted by Crippen LogP contribution is -2.22. The molecule has 2 rings (SSSR count). The van der Waals surface area contributed by atoms with Crippen LogP contribution in [0.1, 0.15) is 6.92 Å². The van der Waals surface area contributed by atoms with Gasteiger partial charge in [-0.05, 0) is 41.9 Å². The predicted octanol–water partition coefficient (Wildman–Crippen LogP) is 3.75. The number of hydrogen-bond acceptors (Lipinski definition) is 5. The molecule has 0 saturated heterocycles. The topological polar surface area (TPSA) is 98.9 Å². The number of halogens is 1. The average Bonchev–Trinajstić information content (AvgIpc) is 2.65. The molecule has 0 fully saturated rings. The van der Waals surface area contributed by atoms with Crippen molar-refractivity contribution >= 4 is 38.0 Å². The Labute approximate surface area is 159 Å². The van der Waals surface area contributed by atoms with Crippen molar-refractivity contribution in [3.8, 4) is 0 Å². The van der Waals surface area contributed by atoms with Gasteiger partial charge in [-0.1, -0.05) is 18.2 Å². The van der Waals surface area contributed by atoms with E-state index in [-0.39, 0.29) is 16.5 Å². The van der Waals surface area contributed by atoms with Gasteiger partial charge in [0.15, 0.2) is 0 Å². The third kappa shape index (κ3) is 5.10. The van der Waals surface area contributed by atoms with Crippen LogP contribution in [-0.2, 0) is 25.5 Å². The summed E-state index contributed by atoms with van der Waals surface area (Å²) in [6, 6.07) is 13.4. The minimum Gasteiger partial charge on any atom is -0.365 e. The smallest absolute Gasteiger partial charge is 0.288 e. The normalized spacial score (nSPS) is 14.1. The van der Waals surface area contributed by atoms with Gasteiger partial charge in [-0.25, -0.2) is 0 Å². The lowest BCUT2D eigenvalue weighted by molar-refractivity contribution is -0.384. The molecule has 10 heteroatoms. The number of sulfonamides is 1. The summed E-state index contributed by atoms with van der Waals surface area (Å²) in [5.74, 6) is 0.0295. The summed E-state index contributed by atoms with van der Waals surface area (Å²) < 4.78 is 34.9. The molecule has 2 aromatic rings. The fourth-order valence-corrected chi connectivity index (χ4v) is 6.02.